The fourth-order valence-electron chi connectivity index (χ4n) is 3.09. The van der Waals surface area contributed by atoms with Gasteiger partial charge in [-0.15, -0.1) is 0 Å². The number of fused-ring (bicyclic) bond motifs is 1. The first-order valence-electron chi connectivity index (χ1n) is 7.60. The Hall–Kier alpha value is -1.92. The largest absolute Gasteiger partial charge is 0.395 e. The molecule has 0 bridgehead atoms. The quantitative estimate of drug-likeness (QED) is 0.874. The van der Waals surface area contributed by atoms with Gasteiger partial charge in [0.15, 0.2) is 0 Å². The molecular formula is C16H21N3O3. The number of piperidine rings is 1. The van der Waals surface area contributed by atoms with Crippen molar-refractivity contribution in [3.8, 4) is 0 Å². The van der Waals surface area contributed by atoms with E-state index in [1.807, 2.05) is 17.0 Å². The molecule has 1 aromatic carbocycles. The van der Waals surface area contributed by atoms with Gasteiger partial charge in [-0.25, -0.2) is 4.98 Å². The Bertz CT molecular complexity index is 739. The predicted octanol–water partition coefficient (Wildman–Crippen LogP) is 0.740. The number of aromatic nitrogens is 2. The summed E-state index contributed by atoms with van der Waals surface area (Å²) in [5.74, 6) is 0.526. The normalized spacial score (nSPS) is 22.2. The van der Waals surface area contributed by atoms with Crippen LogP contribution in [0.25, 0.3) is 10.9 Å². The van der Waals surface area contributed by atoms with Gasteiger partial charge in [0.05, 0.1) is 29.7 Å². The highest BCUT2D eigenvalue weighted by Gasteiger charge is 2.30. The van der Waals surface area contributed by atoms with Crippen LogP contribution < -0.4 is 10.5 Å². The standard InChI is InChI=1S/C16H21N3O3/c1-16(22)7-4-8-18(11-16)15-17-13-6-3-2-5-12(13)14(21)19(15)9-10-20/h2-3,5-6,20,22H,4,7-11H2,1H3. The molecule has 2 aromatic rings. The number of aliphatic hydroxyl groups is 2. The van der Waals surface area contributed by atoms with Gasteiger partial charge in [-0.3, -0.25) is 9.36 Å². The highest BCUT2D eigenvalue weighted by molar-refractivity contribution is 5.78. The molecule has 22 heavy (non-hydrogen) atoms. The third-order valence-electron chi connectivity index (χ3n) is 4.12. The second-order valence-corrected chi connectivity index (χ2v) is 6.13. The van der Waals surface area contributed by atoms with Crippen LogP contribution in [-0.4, -0.2) is 45.1 Å². The number of rotatable bonds is 3. The Morgan fingerprint density at radius 1 is 1.36 bits per heavy atom. The van der Waals surface area contributed by atoms with Crippen molar-refractivity contribution in [3.63, 3.8) is 0 Å². The van der Waals surface area contributed by atoms with E-state index < -0.39 is 5.60 Å². The van der Waals surface area contributed by atoms with Gasteiger partial charge >= 0.3 is 0 Å². The van der Waals surface area contributed by atoms with Crippen LogP contribution in [0.3, 0.4) is 0 Å². The Balaban J connectivity index is 2.15. The molecule has 1 aromatic heterocycles. The van der Waals surface area contributed by atoms with Crippen LogP contribution in [0.1, 0.15) is 19.8 Å². The maximum Gasteiger partial charge on any atom is 0.262 e. The van der Waals surface area contributed by atoms with Crippen molar-refractivity contribution in [1.82, 2.24) is 9.55 Å². The summed E-state index contributed by atoms with van der Waals surface area (Å²) in [7, 11) is 0. The van der Waals surface area contributed by atoms with E-state index in [1.165, 1.54) is 4.57 Å². The molecule has 0 saturated carbocycles. The van der Waals surface area contributed by atoms with Gasteiger partial charge in [0, 0.05) is 13.1 Å². The number of nitrogens with zero attached hydrogens (tertiary/aromatic N) is 3. The summed E-state index contributed by atoms with van der Waals surface area (Å²) in [5, 5.41) is 20.1. The van der Waals surface area contributed by atoms with Crippen LogP contribution in [0.4, 0.5) is 5.95 Å². The zero-order valence-corrected chi connectivity index (χ0v) is 12.7. The molecule has 1 fully saturated rings. The minimum Gasteiger partial charge on any atom is -0.395 e. The lowest BCUT2D eigenvalue weighted by molar-refractivity contribution is 0.0442. The summed E-state index contributed by atoms with van der Waals surface area (Å²) in [4.78, 5) is 19.2. The molecule has 1 atom stereocenters. The van der Waals surface area contributed by atoms with Crippen LogP contribution in [0.2, 0.25) is 0 Å². The van der Waals surface area contributed by atoms with E-state index in [4.69, 9.17) is 0 Å². The monoisotopic (exact) mass is 303 g/mol. The highest BCUT2D eigenvalue weighted by atomic mass is 16.3. The molecule has 2 heterocycles. The van der Waals surface area contributed by atoms with Gasteiger partial charge < -0.3 is 15.1 Å². The summed E-state index contributed by atoms with van der Waals surface area (Å²) in [5.41, 5.74) is -0.298. The number of hydrogen-bond donors (Lipinski definition) is 2. The van der Waals surface area contributed by atoms with E-state index in [1.54, 1.807) is 19.1 Å². The lowest BCUT2D eigenvalue weighted by Gasteiger charge is -2.38. The molecule has 0 amide bonds. The third kappa shape index (κ3) is 2.71. The van der Waals surface area contributed by atoms with Crippen LogP contribution >= 0.6 is 0 Å². The van der Waals surface area contributed by atoms with Crippen molar-refractivity contribution in [3.05, 3.63) is 34.6 Å². The van der Waals surface area contributed by atoms with Gasteiger partial charge in [-0.2, -0.15) is 0 Å². The molecule has 0 spiro atoms. The van der Waals surface area contributed by atoms with Gasteiger partial charge in [-0.05, 0) is 31.9 Å². The predicted molar refractivity (Wildman–Crippen MR) is 85.2 cm³/mol. The van der Waals surface area contributed by atoms with Crippen LogP contribution in [-0.2, 0) is 6.54 Å². The van der Waals surface area contributed by atoms with Gasteiger partial charge in [0.2, 0.25) is 5.95 Å². The molecule has 1 aliphatic rings. The molecule has 1 aliphatic heterocycles. The first-order chi connectivity index (χ1) is 10.5. The highest BCUT2D eigenvalue weighted by Crippen LogP contribution is 2.25. The second-order valence-electron chi connectivity index (χ2n) is 6.13. The zero-order valence-electron chi connectivity index (χ0n) is 12.7. The molecule has 3 rings (SSSR count). The van der Waals surface area contributed by atoms with Crippen molar-refractivity contribution < 1.29 is 10.2 Å². The number of benzene rings is 1. The topological polar surface area (TPSA) is 78.6 Å². The van der Waals surface area contributed by atoms with Crippen molar-refractivity contribution in [2.24, 2.45) is 0 Å². The summed E-state index contributed by atoms with van der Waals surface area (Å²) in [6, 6.07) is 7.21. The summed E-state index contributed by atoms with van der Waals surface area (Å²) >= 11 is 0. The smallest absolute Gasteiger partial charge is 0.262 e. The van der Waals surface area contributed by atoms with Crippen LogP contribution in [0.15, 0.2) is 29.1 Å². The summed E-state index contributed by atoms with van der Waals surface area (Å²) < 4.78 is 1.50. The minimum absolute atomic E-state index is 0.128. The molecule has 1 unspecified atom stereocenters. The molecule has 2 N–H and O–H groups in total. The third-order valence-corrected chi connectivity index (χ3v) is 4.12. The van der Waals surface area contributed by atoms with Crippen molar-refractivity contribution in [2.75, 3.05) is 24.6 Å². The number of hydrogen-bond acceptors (Lipinski definition) is 5. The lowest BCUT2D eigenvalue weighted by Crippen LogP contribution is -2.48. The van der Waals surface area contributed by atoms with Gasteiger partial charge in [0.25, 0.3) is 5.56 Å². The van der Waals surface area contributed by atoms with Gasteiger partial charge in [0.1, 0.15) is 0 Å². The maximum atomic E-state index is 12.7. The van der Waals surface area contributed by atoms with Crippen molar-refractivity contribution in [2.45, 2.75) is 31.9 Å². The fraction of sp³-hybridized carbons (Fsp3) is 0.500. The van der Waals surface area contributed by atoms with E-state index in [2.05, 4.69) is 4.98 Å². The number of anilines is 1. The van der Waals surface area contributed by atoms with Gasteiger partial charge in [-0.1, -0.05) is 12.1 Å². The SMILES string of the molecule is CC1(O)CCCN(c2nc3ccccc3c(=O)n2CCO)C1. The van der Waals surface area contributed by atoms with Crippen molar-refractivity contribution >= 4 is 16.9 Å². The summed E-state index contributed by atoms with van der Waals surface area (Å²) in [6.07, 6.45) is 1.58. The number of β-amino-alcohol motifs (C(OH)–C–C–N with tert-alkyl or cyclic N) is 1. The zero-order chi connectivity index (χ0) is 15.7. The van der Waals surface area contributed by atoms with Crippen molar-refractivity contribution in [1.29, 1.82) is 0 Å². The first kappa shape index (κ1) is 15.0. The molecule has 1 saturated heterocycles. The number of para-hydroxylation sites is 1. The average Bonchev–Trinajstić information content (AvgIpc) is 2.49. The average molecular weight is 303 g/mol. The maximum absolute atomic E-state index is 12.7. The van der Waals surface area contributed by atoms with Crippen LogP contribution in [0, 0.1) is 0 Å². The summed E-state index contributed by atoms with van der Waals surface area (Å²) in [6.45, 7) is 3.05. The minimum atomic E-state index is -0.786. The lowest BCUT2D eigenvalue weighted by atomic mass is 9.95. The number of aliphatic hydroxyl groups excluding tert-OH is 1. The van der Waals surface area contributed by atoms with E-state index >= 15 is 0 Å². The Kier molecular flexibility index (Phi) is 3.88. The van der Waals surface area contributed by atoms with Crippen LogP contribution in [0.5, 0.6) is 0 Å². The Labute approximate surface area is 128 Å². The molecule has 0 radical (unpaired) electrons. The first-order valence-corrected chi connectivity index (χ1v) is 7.60. The van der Waals surface area contributed by atoms with E-state index in [0.717, 1.165) is 19.4 Å². The molecule has 118 valence electrons. The van der Waals surface area contributed by atoms with E-state index in [9.17, 15) is 15.0 Å². The molecule has 0 aliphatic carbocycles. The Morgan fingerprint density at radius 3 is 2.86 bits per heavy atom. The Morgan fingerprint density at radius 2 is 2.14 bits per heavy atom. The molecule has 6 nitrogen and oxygen atoms in total. The second kappa shape index (κ2) is 5.70. The molecular weight excluding hydrogens is 282 g/mol. The van der Waals surface area contributed by atoms with E-state index in [0.29, 0.717) is 23.4 Å². The fourth-order valence-corrected chi connectivity index (χ4v) is 3.09. The molecule has 6 heteroatoms. The van der Waals surface area contributed by atoms with E-state index in [-0.39, 0.29) is 18.7 Å².